The summed E-state index contributed by atoms with van der Waals surface area (Å²) in [6.45, 7) is 2.13. The SMILES string of the molecule is COC(=O)C1(C)CC2CC1C1C2=C2C=CC1C2. The highest BCUT2D eigenvalue weighted by molar-refractivity contribution is 5.78. The number of hydrogen-bond donors (Lipinski definition) is 0. The Bertz CT molecular complexity index is 473. The van der Waals surface area contributed by atoms with Gasteiger partial charge in [-0.25, -0.2) is 0 Å². The lowest BCUT2D eigenvalue weighted by Gasteiger charge is -2.38. The van der Waals surface area contributed by atoms with Gasteiger partial charge in [0.15, 0.2) is 0 Å². The monoisotopic (exact) mass is 230 g/mol. The Morgan fingerprint density at radius 3 is 3.12 bits per heavy atom. The molecule has 0 aromatic carbocycles. The lowest BCUT2D eigenvalue weighted by atomic mass is 9.65. The Balaban J connectivity index is 1.77. The van der Waals surface area contributed by atoms with Crippen LogP contribution in [-0.2, 0) is 9.53 Å². The molecule has 5 atom stereocenters. The Kier molecular flexibility index (Phi) is 1.66. The number of methoxy groups -OCH3 is 1. The largest absolute Gasteiger partial charge is 0.469 e. The third kappa shape index (κ3) is 0.966. The Hall–Kier alpha value is -1.05. The molecule has 0 aromatic rings. The van der Waals surface area contributed by atoms with Crippen LogP contribution in [0.3, 0.4) is 0 Å². The Labute approximate surface area is 102 Å². The zero-order chi connectivity index (χ0) is 11.8. The fourth-order valence-electron chi connectivity index (χ4n) is 5.15. The second-order valence-corrected chi connectivity index (χ2v) is 6.39. The normalized spacial score (nSPS) is 49.1. The lowest BCUT2D eigenvalue weighted by molar-refractivity contribution is -0.155. The van der Waals surface area contributed by atoms with E-state index in [2.05, 4.69) is 19.1 Å². The molecule has 17 heavy (non-hydrogen) atoms. The van der Waals surface area contributed by atoms with E-state index in [4.69, 9.17) is 4.74 Å². The van der Waals surface area contributed by atoms with E-state index < -0.39 is 0 Å². The maximum Gasteiger partial charge on any atom is 0.311 e. The van der Waals surface area contributed by atoms with Crippen LogP contribution in [-0.4, -0.2) is 13.1 Å². The second kappa shape index (κ2) is 2.85. The average Bonchev–Trinajstić information content (AvgIpc) is 3.03. The summed E-state index contributed by atoms with van der Waals surface area (Å²) >= 11 is 0. The van der Waals surface area contributed by atoms with E-state index in [9.17, 15) is 4.79 Å². The molecule has 5 unspecified atom stereocenters. The van der Waals surface area contributed by atoms with Crippen molar-refractivity contribution in [3.63, 3.8) is 0 Å². The third-order valence-electron chi connectivity index (χ3n) is 5.74. The van der Waals surface area contributed by atoms with Gasteiger partial charge in [0.2, 0.25) is 0 Å². The number of hydrogen-bond acceptors (Lipinski definition) is 2. The number of esters is 1. The molecule has 2 fully saturated rings. The van der Waals surface area contributed by atoms with E-state index >= 15 is 0 Å². The summed E-state index contributed by atoms with van der Waals surface area (Å²) in [4.78, 5) is 12.1. The first kappa shape index (κ1) is 9.93. The van der Waals surface area contributed by atoms with E-state index in [1.165, 1.54) is 20.0 Å². The van der Waals surface area contributed by atoms with Crippen LogP contribution >= 0.6 is 0 Å². The molecule has 4 rings (SSSR count). The highest BCUT2D eigenvalue weighted by Gasteiger charge is 2.63. The molecule has 90 valence electrons. The van der Waals surface area contributed by atoms with Crippen molar-refractivity contribution in [3.8, 4) is 0 Å². The van der Waals surface area contributed by atoms with Gasteiger partial charge in [-0.2, -0.15) is 0 Å². The molecule has 0 spiro atoms. The summed E-state index contributed by atoms with van der Waals surface area (Å²) in [6, 6.07) is 0. The van der Waals surface area contributed by atoms with Crippen molar-refractivity contribution >= 4 is 5.97 Å². The van der Waals surface area contributed by atoms with Crippen molar-refractivity contribution in [2.75, 3.05) is 7.11 Å². The van der Waals surface area contributed by atoms with Gasteiger partial charge in [0.25, 0.3) is 0 Å². The molecule has 4 aliphatic rings. The second-order valence-electron chi connectivity index (χ2n) is 6.39. The third-order valence-corrected chi connectivity index (χ3v) is 5.74. The number of carbonyl (C=O) groups excluding carboxylic acids is 1. The number of allylic oxidation sites excluding steroid dienone is 4. The molecule has 0 amide bonds. The van der Waals surface area contributed by atoms with Crippen molar-refractivity contribution in [2.45, 2.75) is 26.2 Å². The van der Waals surface area contributed by atoms with E-state index in [0.29, 0.717) is 23.7 Å². The smallest absolute Gasteiger partial charge is 0.311 e. The van der Waals surface area contributed by atoms with Gasteiger partial charge < -0.3 is 4.74 Å². The first-order valence-electron chi connectivity index (χ1n) is 6.64. The summed E-state index contributed by atoms with van der Waals surface area (Å²) in [5.74, 6) is 2.57. The van der Waals surface area contributed by atoms with E-state index in [-0.39, 0.29) is 11.4 Å². The average molecular weight is 230 g/mol. The Morgan fingerprint density at radius 1 is 1.53 bits per heavy atom. The summed E-state index contributed by atoms with van der Waals surface area (Å²) in [7, 11) is 1.53. The van der Waals surface area contributed by atoms with Gasteiger partial charge in [-0.15, -0.1) is 0 Å². The number of rotatable bonds is 1. The van der Waals surface area contributed by atoms with E-state index in [0.717, 1.165) is 6.42 Å². The molecule has 0 saturated heterocycles. The molecule has 0 heterocycles. The predicted octanol–water partition coefficient (Wildman–Crippen LogP) is 2.71. The summed E-state index contributed by atoms with van der Waals surface area (Å²) < 4.78 is 5.05. The fraction of sp³-hybridized carbons (Fsp3) is 0.667. The fourth-order valence-corrected chi connectivity index (χ4v) is 5.15. The van der Waals surface area contributed by atoms with Gasteiger partial charge in [0, 0.05) is 0 Å². The zero-order valence-electron chi connectivity index (χ0n) is 10.4. The van der Waals surface area contributed by atoms with Crippen LogP contribution < -0.4 is 0 Å². The summed E-state index contributed by atoms with van der Waals surface area (Å²) in [6.07, 6.45) is 8.16. The lowest BCUT2D eigenvalue weighted by Crippen LogP contribution is -2.40. The number of carbonyl (C=O) groups is 1. The highest BCUT2D eigenvalue weighted by Crippen LogP contribution is 2.68. The van der Waals surface area contributed by atoms with Crippen LogP contribution in [0.15, 0.2) is 23.3 Å². The molecule has 2 nitrogen and oxygen atoms in total. The molecule has 0 aliphatic heterocycles. The standard InChI is InChI=1S/C15H18O2/c1-15(14(16)17-2)7-10-6-11(15)13-9-4-3-8(5-9)12(10)13/h3-4,9-11,13H,5-7H2,1-2H3. The first-order chi connectivity index (χ1) is 8.15. The summed E-state index contributed by atoms with van der Waals surface area (Å²) in [5, 5.41) is 0. The molecular weight excluding hydrogens is 212 g/mol. The number of fused-ring (bicyclic) bond motifs is 8. The van der Waals surface area contributed by atoms with Crippen molar-refractivity contribution in [3.05, 3.63) is 23.3 Å². The molecule has 2 heteroatoms. The van der Waals surface area contributed by atoms with Gasteiger partial charge in [-0.1, -0.05) is 17.7 Å². The molecule has 0 radical (unpaired) electrons. The van der Waals surface area contributed by atoms with Gasteiger partial charge in [0.05, 0.1) is 12.5 Å². The first-order valence-corrected chi connectivity index (χ1v) is 6.64. The molecule has 0 aromatic heterocycles. The summed E-state index contributed by atoms with van der Waals surface area (Å²) in [5.41, 5.74) is 3.09. The number of ether oxygens (including phenoxy) is 1. The maximum atomic E-state index is 12.1. The van der Waals surface area contributed by atoms with Crippen molar-refractivity contribution in [1.29, 1.82) is 0 Å². The van der Waals surface area contributed by atoms with Crippen LogP contribution in [0.2, 0.25) is 0 Å². The van der Waals surface area contributed by atoms with E-state index in [1.54, 1.807) is 11.1 Å². The minimum absolute atomic E-state index is 0.0146. The van der Waals surface area contributed by atoms with Gasteiger partial charge in [0.1, 0.15) is 0 Å². The van der Waals surface area contributed by atoms with Crippen LogP contribution in [0.1, 0.15) is 26.2 Å². The molecule has 4 bridgehead atoms. The van der Waals surface area contributed by atoms with Crippen molar-refractivity contribution in [1.82, 2.24) is 0 Å². The highest BCUT2D eigenvalue weighted by atomic mass is 16.5. The quantitative estimate of drug-likeness (QED) is 0.647. The van der Waals surface area contributed by atoms with Crippen LogP contribution in [0.4, 0.5) is 0 Å². The predicted molar refractivity (Wildman–Crippen MR) is 64.1 cm³/mol. The molecule has 2 saturated carbocycles. The minimum Gasteiger partial charge on any atom is -0.469 e. The molecule has 0 N–H and O–H groups in total. The molecular formula is C15H18O2. The minimum atomic E-state index is -0.216. The van der Waals surface area contributed by atoms with Crippen LogP contribution in [0, 0.1) is 29.1 Å². The van der Waals surface area contributed by atoms with E-state index in [1.807, 2.05) is 0 Å². The van der Waals surface area contributed by atoms with Crippen LogP contribution in [0.5, 0.6) is 0 Å². The van der Waals surface area contributed by atoms with Crippen LogP contribution in [0.25, 0.3) is 0 Å². The topological polar surface area (TPSA) is 26.3 Å². The van der Waals surface area contributed by atoms with Gasteiger partial charge >= 0.3 is 5.97 Å². The Morgan fingerprint density at radius 2 is 2.35 bits per heavy atom. The van der Waals surface area contributed by atoms with Crippen molar-refractivity contribution < 1.29 is 9.53 Å². The molecule has 4 aliphatic carbocycles. The van der Waals surface area contributed by atoms with Gasteiger partial charge in [-0.05, 0) is 55.4 Å². The maximum absolute atomic E-state index is 12.1. The van der Waals surface area contributed by atoms with Crippen molar-refractivity contribution in [2.24, 2.45) is 29.1 Å². The zero-order valence-corrected chi connectivity index (χ0v) is 10.4. The van der Waals surface area contributed by atoms with Gasteiger partial charge in [-0.3, -0.25) is 4.79 Å².